The number of carbonyl (C=O) groups excluding carboxylic acids is 2. The van der Waals surface area contributed by atoms with Crippen LogP contribution in [-0.2, 0) is 4.79 Å². The first-order valence-electron chi connectivity index (χ1n) is 5.33. The molecule has 2 amide bonds. The quantitative estimate of drug-likeness (QED) is 0.614. The van der Waals surface area contributed by atoms with Gasteiger partial charge in [-0.1, -0.05) is 6.08 Å². The van der Waals surface area contributed by atoms with Gasteiger partial charge in [-0.15, -0.1) is 0 Å². The van der Waals surface area contributed by atoms with E-state index in [-0.39, 0.29) is 17.5 Å². The van der Waals surface area contributed by atoms with Crippen molar-refractivity contribution in [2.45, 2.75) is 0 Å². The Morgan fingerprint density at radius 2 is 2.06 bits per heavy atom. The molecule has 18 heavy (non-hydrogen) atoms. The SMILES string of the molecule is CNC(=O)/C=C/CNc1cncc(C(=O)NC)n1. The Labute approximate surface area is 105 Å². The van der Waals surface area contributed by atoms with E-state index in [0.29, 0.717) is 12.4 Å². The number of nitrogens with zero attached hydrogens (tertiary/aromatic N) is 2. The van der Waals surface area contributed by atoms with Gasteiger partial charge < -0.3 is 16.0 Å². The molecule has 0 unspecified atom stereocenters. The van der Waals surface area contributed by atoms with Crippen LogP contribution in [0.2, 0.25) is 0 Å². The fourth-order valence-corrected chi connectivity index (χ4v) is 1.10. The van der Waals surface area contributed by atoms with Crippen molar-refractivity contribution in [3.05, 3.63) is 30.2 Å². The highest BCUT2D eigenvalue weighted by Crippen LogP contribution is 2.01. The van der Waals surface area contributed by atoms with Crippen LogP contribution >= 0.6 is 0 Å². The zero-order valence-electron chi connectivity index (χ0n) is 10.2. The first-order chi connectivity index (χ1) is 8.67. The van der Waals surface area contributed by atoms with E-state index in [1.165, 1.54) is 25.5 Å². The highest BCUT2D eigenvalue weighted by molar-refractivity contribution is 5.92. The molecular formula is C11H15N5O2. The topological polar surface area (TPSA) is 96.0 Å². The summed E-state index contributed by atoms with van der Waals surface area (Å²) in [6.45, 7) is 0.416. The van der Waals surface area contributed by atoms with Gasteiger partial charge in [0.1, 0.15) is 11.5 Å². The van der Waals surface area contributed by atoms with Crippen LogP contribution in [0.1, 0.15) is 10.5 Å². The number of carbonyl (C=O) groups is 2. The van der Waals surface area contributed by atoms with Gasteiger partial charge in [0.05, 0.1) is 12.4 Å². The molecule has 0 aliphatic carbocycles. The van der Waals surface area contributed by atoms with E-state index in [0.717, 1.165) is 0 Å². The smallest absolute Gasteiger partial charge is 0.271 e. The van der Waals surface area contributed by atoms with E-state index in [2.05, 4.69) is 25.9 Å². The Bertz CT molecular complexity index is 459. The molecule has 3 N–H and O–H groups in total. The van der Waals surface area contributed by atoms with Gasteiger partial charge in [-0.05, 0) is 0 Å². The summed E-state index contributed by atoms with van der Waals surface area (Å²) in [4.78, 5) is 30.2. The molecule has 0 radical (unpaired) electrons. The molecule has 0 atom stereocenters. The second-order valence-corrected chi connectivity index (χ2v) is 3.27. The van der Waals surface area contributed by atoms with Crippen molar-refractivity contribution in [3.8, 4) is 0 Å². The van der Waals surface area contributed by atoms with Gasteiger partial charge in [0.25, 0.3) is 5.91 Å². The number of amides is 2. The lowest BCUT2D eigenvalue weighted by Crippen LogP contribution is -2.20. The van der Waals surface area contributed by atoms with Gasteiger partial charge in [-0.3, -0.25) is 14.6 Å². The van der Waals surface area contributed by atoms with E-state index in [1.54, 1.807) is 13.1 Å². The summed E-state index contributed by atoms with van der Waals surface area (Å²) in [5.41, 5.74) is 0.234. The number of likely N-dealkylation sites (N-methyl/N-ethyl adjacent to an activating group) is 1. The standard InChI is InChI=1S/C11H15N5O2/c1-12-10(17)4-3-5-15-9-7-14-6-8(16-9)11(18)13-2/h3-4,6-7H,5H2,1-2H3,(H,12,17)(H,13,18)(H,15,16)/b4-3+. The van der Waals surface area contributed by atoms with Crippen LogP contribution in [0.25, 0.3) is 0 Å². The molecule has 0 saturated heterocycles. The van der Waals surface area contributed by atoms with Crippen LogP contribution in [0.3, 0.4) is 0 Å². The number of rotatable bonds is 5. The van der Waals surface area contributed by atoms with Crippen molar-refractivity contribution in [2.75, 3.05) is 26.0 Å². The minimum absolute atomic E-state index is 0.179. The molecule has 0 saturated carbocycles. The van der Waals surface area contributed by atoms with Gasteiger partial charge in [-0.25, -0.2) is 4.98 Å². The summed E-state index contributed by atoms with van der Waals surface area (Å²) in [6, 6.07) is 0. The van der Waals surface area contributed by atoms with Gasteiger partial charge in [0.15, 0.2) is 0 Å². The average Bonchev–Trinajstić information content (AvgIpc) is 2.42. The number of hydrogen-bond donors (Lipinski definition) is 3. The maximum atomic E-state index is 11.3. The molecule has 1 aromatic heterocycles. The Balaban J connectivity index is 2.55. The van der Waals surface area contributed by atoms with Crippen LogP contribution in [0.5, 0.6) is 0 Å². The van der Waals surface area contributed by atoms with Crippen LogP contribution in [-0.4, -0.2) is 42.4 Å². The Hall–Kier alpha value is -2.44. The molecule has 96 valence electrons. The molecule has 1 rings (SSSR count). The van der Waals surface area contributed by atoms with Crippen LogP contribution in [0.4, 0.5) is 5.82 Å². The van der Waals surface area contributed by atoms with Crippen molar-refractivity contribution in [2.24, 2.45) is 0 Å². The van der Waals surface area contributed by atoms with E-state index in [4.69, 9.17) is 0 Å². The van der Waals surface area contributed by atoms with Gasteiger partial charge in [-0.2, -0.15) is 0 Å². The van der Waals surface area contributed by atoms with Crippen molar-refractivity contribution in [1.82, 2.24) is 20.6 Å². The van der Waals surface area contributed by atoms with E-state index >= 15 is 0 Å². The van der Waals surface area contributed by atoms with Crippen LogP contribution in [0.15, 0.2) is 24.5 Å². The summed E-state index contributed by atoms with van der Waals surface area (Å²) in [5.74, 6) is -0.00768. The number of aromatic nitrogens is 2. The highest BCUT2D eigenvalue weighted by Gasteiger charge is 2.05. The maximum Gasteiger partial charge on any atom is 0.271 e. The molecule has 1 aromatic rings. The predicted molar refractivity (Wildman–Crippen MR) is 67.1 cm³/mol. The Morgan fingerprint density at radius 1 is 1.28 bits per heavy atom. The lowest BCUT2D eigenvalue weighted by molar-refractivity contribution is -0.116. The first kappa shape index (κ1) is 13.6. The monoisotopic (exact) mass is 249 g/mol. The van der Waals surface area contributed by atoms with E-state index in [1.807, 2.05) is 0 Å². The number of nitrogens with one attached hydrogen (secondary N) is 3. The van der Waals surface area contributed by atoms with Crippen molar-refractivity contribution in [3.63, 3.8) is 0 Å². The van der Waals surface area contributed by atoms with E-state index in [9.17, 15) is 9.59 Å². The highest BCUT2D eigenvalue weighted by atomic mass is 16.2. The zero-order chi connectivity index (χ0) is 13.4. The lowest BCUT2D eigenvalue weighted by Gasteiger charge is -2.03. The van der Waals surface area contributed by atoms with Crippen molar-refractivity contribution < 1.29 is 9.59 Å². The predicted octanol–water partition coefficient (Wildman–Crippen LogP) is -0.450. The zero-order valence-corrected chi connectivity index (χ0v) is 10.2. The molecule has 7 nitrogen and oxygen atoms in total. The fraction of sp³-hybridized carbons (Fsp3) is 0.273. The fourth-order valence-electron chi connectivity index (χ4n) is 1.10. The summed E-state index contributed by atoms with van der Waals surface area (Å²) < 4.78 is 0. The summed E-state index contributed by atoms with van der Waals surface area (Å²) in [6.07, 6.45) is 5.93. The Morgan fingerprint density at radius 3 is 2.72 bits per heavy atom. The Kier molecular flexibility index (Phi) is 5.30. The third kappa shape index (κ3) is 4.20. The van der Waals surface area contributed by atoms with Gasteiger partial charge in [0, 0.05) is 26.7 Å². The second kappa shape index (κ2) is 7.00. The summed E-state index contributed by atoms with van der Waals surface area (Å²) in [7, 11) is 3.08. The van der Waals surface area contributed by atoms with Gasteiger partial charge >= 0.3 is 0 Å². The molecular weight excluding hydrogens is 234 g/mol. The summed E-state index contributed by atoms with van der Waals surface area (Å²) >= 11 is 0. The molecule has 0 aromatic carbocycles. The first-order valence-corrected chi connectivity index (χ1v) is 5.33. The molecule has 0 bridgehead atoms. The minimum Gasteiger partial charge on any atom is -0.365 e. The molecule has 1 heterocycles. The molecule has 0 aliphatic rings. The second-order valence-electron chi connectivity index (χ2n) is 3.27. The molecule has 7 heteroatoms. The van der Waals surface area contributed by atoms with Crippen molar-refractivity contribution in [1.29, 1.82) is 0 Å². The van der Waals surface area contributed by atoms with E-state index < -0.39 is 0 Å². The maximum absolute atomic E-state index is 11.3. The van der Waals surface area contributed by atoms with Gasteiger partial charge in [0.2, 0.25) is 5.91 Å². The normalized spacial score (nSPS) is 10.1. The third-order valence-corrected chi connectivity index (χ3v) is 2.01. The number of anilines is 1. The van der Waals surface area contributed by atoms with Crippen molar-refractivity contribution >= 4 is 17.6 Å². The van der Waals surface area contributed by atoms with Crippen LogP contribution < -0.4 is 16.0 Å². The minimum atomic E-state index is -0.299. The largest absolute Gasteiger partial charge is 0.365 e. The molecule has 0 fully saturated rings. The molecule has 0 aliphatic heterocycles. The number of hydrogen-bond acceptors (Lipinski definition) is 5. The average molecular weight is 249 g/mol. The van der Waals surface area contributed by atoms with Crippen LogP contribution in [0, 0.1) is 0 Å². The summed E-state index contributed by atoms with van der Waals surface area (Å²) in [5, 5.41) is 7.85. The third-order valence-electron chi connectivity index (χ3n) is 2.01. The lowest BCUT2D eigenvalue weighted by atomic mass is 10.4. The molecule has 0 spiro atoms.